The van der Waals surface area contributed by atoms with Crippen molar-refractivity contribution in [2.24, 2.45) is 0 Å². The molecule has 0 unspecified atom stereocenters. The molecule has 1 aromatic rings. The summed E-state index contributed by atoms with van der Waals surface area (Å²) in [5.74, 6) is 0.0967. The van der Waals surface area contributed by atoms with E-state index in [1.54, 1.807) is 17.0 Å². The molecule has 6 nitrogen and oxygen atoms in total. The van der Waals surface area contributed by atoms with Crippen LogP contribution < -0.4 is 4.90 Å². The zero-order chi connectivity index (χ0) is 14.7. The molecule has 1 aliphatic heterocycles. The number of rotatable bonds is 4. The fourth-order valence-corrected chi connectivity index (χ4v) is 2.39. The molecule has 0 aliphatic carbocycles. The zero-order valence-electron chi connectivity index (χ0n) is 11.8. The molecule has 108 valence electrons. The first-order valence-electron chi connectivity index (χ1n) is 6.71. The van der Waals surface area contributed by atoms with Crippen LogP contribution in [0.25, 0.3) is 0 Å². The maximum atomic E-state index is 12.2. The molecule has 1 aliphatic rings. The number of carbonyl (C=O) groups excluding carboxylic acids is 1. The van der Waals surface area contributed by atoms with Crippen LogP contribution in [0.4, 0.5) is 11.4 Å². The monoisotopic (exact) mass is 277 g/mol. The average molecular weight is 277 g/mol. The number of non-ortho nitro benzene ring substituents is 1. The third-order valence-corrected chi connectivity index (χ3v) is 3.47. The van der Waals surface area contributed by atoms with Crippen molar-refractivity contribution in [3.8, 4) is 0 Å². The molecular formula is C14H19N3O3. The summed E-state index contributed by atoms with van der Waals surface area (Å²) in [7, 11) is 3.91. The Balaban J connectivity index is 2.33. The maximum Gasteiger partial charge on any atom is 0.269 e. The Hall–Kier alpha value is -1.95. The predicted octanol–water partition coefficient (Wildman–Crippen LogP) is 1.83. The van der Waals surface area contributed by atoms with Gasteiger partial charge in [-0.3, -0.25) is 14.9 Å². The molecule has 0 saturated carbocycles. The topological polar surface area (TPSA) is 66.7 Å². The first-order chi connectivity index (χ1) is 9.49. The second-order valence-electron chi connectivity index (χ2n) is 5.27. The molecule has 0 N–H and O–H groups in total. The van der Waals surface area contributed by atoms with Gasteiger partial charge in [0.25, 0.3) is 5.69 Å². The lowest BCUT2D eigenvalue weighted by Crippen LogP contribution is -2.36. The van der Waals surface area contributed by atoms with E-state index in [0.717, 1.165) is 24.2 Å². The normalized spacial score (nSPS) is 15.2. The van der Waals surface area contributed by atoms with E-state index >= 15 is 0 Å². The molecule has 0 aromatic heterocycles. The van der Waals surface area contributed by atoms with Crippen molar-refractivity contribution in [2.75, 3.05) is 32.1 Å². The van der Waals surface area contributed by atoms with E-state index in [1.807, 2.05) is 19.0 Å². The highest BCUT2D eigenvalue weighted by Gasteiger charge is 2.23. The number of hydrogen-bond donors (Lipinski definition) is 0. The van der Waals surface area contributed by atoms with Crippen LogP contribution in [0.15, 0.2) is 18.2 Å². The summed E-state index contributed by atoms with van der Waals surface area (Å²) in [5.41, 5.74) is 1.80. The highest BCUT2D eigenvalue weighted by Crippen LogP contribution is 2.30. The van der Waals surface area contributed by atoms with E-state index < -0.39 is 4.92 Å². The molecule has 1 heterocycles. The molecule has 20 heavy (non-hydrogen) atoms. The molecular weight excluding hydrogens is 258 g/mol. The highest BCUT2D eigenvalue weighted by molar-refractivity contribution is 5.95. The number of fused-ring (bicyclic) bond motifs is 1. The Bertz CT molecular complexity index is 528. The molecule has 0 radical (unpaired) electrons. The largest absolute Gasteiger partial charge is 0.311 e. The number of likely N-dealkylation sites (N-methyl/N-ethyl adjacent to an activating group) is 1. The minimum absolute atomic E-state index is 0.0886. The average Bonchev–Trinajstić information content (AvgIpc) is 2.54. The van der Waals surface area contributed by atoms with E-state index in [9.17, 15) is 14.9 Å². The van der Waals surface area contributed by atoms with Crippen molar-refractivity contribution in [1.82, 2.24) is 4.90 Å². The third kappa shape index (κ3) is 3.14. The second-order valence-corrected chi connectivity index (χ2v) is 5.27. The highest BCUT2D eigenvalue weighted by atomic mass is 16.6. The molecule has 0 spiro atoms. The first-order valence-corrected chi connectivity index (χ1v) is 6.71. The summed E-state index contributed by atoms with van der Waals surface area (Å²) in [4.78, 5) is 26.4. The molecule has 0 saturated heterocycles. The Morgan fingerprint density at radius 3 is 2.75 bits per heavy atom. The molecule has 0 bridgehead atoms. The van der Waals surface area contributed by atoms with Gasteiger partial charge in [-0.1, -0.05) is 0 Å². The van der Waals surface area contributed by atoms with Gasteiger partial charge in [-0.15, -0.1) is 0 Å². The molecule has 1 amide bonds. The van der Waals surface area contributed by atoms with Crippen molar-refractivity contribution in [1.29, 1.82) is 0 Å². The maximum absolute atomic E-state index is 12.2. The smallest absolute Gasteiger partial charge is 0.269 e. The molecule has 0 fully saturated rings. The Kier molecular flexibility index (Phi) is 4.34. The van der Waals surface area contributed by atoms with Crippen LogP contribution in [0.3, 0.4) is 0 Å². The van der Waals surface area contributed by atoms with Crippen LogP contribution in [0.1, 0.15) is 18.4 Å². The van der Waals surface area contributed by atoms with E-state index in [4.69, 9.17) is 0 Å². The van der Waals surface area contributed by atoms with Gasteiger partial charge in [-0.25, -0.2) is 0 Å². The van der Waals surface area contributed by atoms with Crippen LogP contribution >= 0.6 is 0 Å². The number of nitro groups is 1. The summed E-state index contributed by atoms with van der Waals surface area (Å²) >= 11 is 0. The van der Waals surface area contributed by atoms with Crippen LogP contribution in [-0.2, 0) is 11.2 Å². The molecule has 6 heteroatoms. The van der Waals surface area contributed by atoms with E-state index in [-0.39, 0.29) is 11.6 Å². The van der Waals surface area contributed by atoms with Crippen LogP contribution in [0.5, 0.6) is 0 Å². The number of anilines is 1. The minimum atomic E-state index is -0.392. The van der Waals surface area contributed by atoms with Crippen LogP contribution in [0, 0.1) is 10.1 Å². The fraction of sp³-hybridized carbons (Fsp3) is 0.500. The van der Waals surface area contributed by atoms with Crippen molar-refractivity contribution >= 4 is 17.3 Å². The summed E-state index contributed by atoms with van der Waals surface area (Å²) < 4.78 is 0. The molecule has 2 rings (SSSR count). The summed E-state index contributed by atoms with van der Waals surface area (Å²) in [5, 5.41) is 10.9. The van der Waals surface area contributed by atoms with E-state index in [0.29, 0.717) is 19.4 Å². The second kappa shape index (κ2) is 6.00. The predicted molar refractivity (Wildman–Crippen MR) is 76.9 cm³/mol. The zero-order valence-corrected chi connectivity index (χ0v) is 11.8. The van der Waals surface area contributed by atoms with Crippen molar-refractivity contribution in [3.05, 3.63) is 33.9 Å². The van der Waals surface area contributed by atoms with Gasteiger partial charge in [0.15, 0.2) is 0 Å². The van der Waals surface area contributed by atoms with Crippen molar-refractivity contribution < 1.29 is 9.72 Å². The number of benzene rings is 1. The molecule has 1 aromatic carbocycles. The lowest BCUT2D eigenvalue weighted by molar-refractivity contribution is -0.384. The number of aryl methyl sites for hydroxylation is 1. The Morgan fingerprint density at radius 1 is 1.35 bits per heavy atom. The SMILES string of the molecule is CN(C)CCN1C(=O)CCCc2cc([N+](=O)[O-])ccc21. The van der Waals surface area contributed by atoms with Gasteiger partial charge in [-0.05, 0) is 38.6 Å². The third-order valence-electron chi connectivity index (χ3n) is 3.47. The first kappa shape index (κ1) is 14.5. The van der Waals surface area contributed by atoms with Gasteiger partial charge in [0.1, 0.15) is 0 Å². The summed E-state index contributed by atoms with van der Waals surface area (Å²) in [6.45, 7) is 1.37. The van der Waals surface area contributed by atoms with Gasteiger partial charge in [0.05, 0.1) is 4.92 Å². The number of amides is 1. The van der Waals surface area contributed by atoms with E-state index in [2.05, 4.69) is 0 Å². The fourth-order valence-electron chi connectivity index (χ4n) is 2.39. The number of carbonyl (C=O) groups is 1. The van der Waals surface area contributed by atoms with E-state index in [1.165, 1.54) is 6.07 Å². The van der Waals surface area contributed by atoms with Gasteiger partial charge >= 0.3 is 0 Å². The van der Waals surface area contributed by atoms with Crippen LogP contribution in [-0.4, -0.2) is 42.9 Å². The van der Waals surface area contributed by atoms with Crippen molar-refractivity contribution in [2.45, 2.75) is 19.3 Å². The van der Waals surface area contributed by atoms with Gasteiger partial charge in [0.2, 0.25) is 5.91 Å². The van der Waals surface area contributed by atoms with Crippen molar-refractivity contribution in [3.63, 3.8) is 0 Å². The van der Waals surface area contributed by atoms with Gasteiger partial charge in [-0.2, -0.15) is 0 Å². The van der Waals surface area contributed by atoms with Crippen LogP contribution in [0.2, 0.25) is 0 Å². The molecule has 0 atom stereocenters. The summed E-state index contributed by atoms with van der Waals surface area (Å²) in [6.07, 6.45) is 1.95. The number of nitrogens with zero attached hydrogens (tertiary/aromatic N) is 3. The lowest BCUT2D eigenvalue weighted by atomic mass is 10.1. The summed E-state index contributed by atoms with van der Waals surface area (Å²) in [6, 6.07) is 4.77. The van der Waals surface area contributed by atoms with Gasteiger partial charge in [0, 0.05) is 37.3 Å². The Morgan fingerprint density at radius 2 is 2.10 bits per heavy atom. The Labute approximate surface area is 118 Å². The lowest BCUT2D eigenvalue weighted by Gasteiger charge is -2.24. The standard InChI is InChI=1S/C14H19N3O3/c1-15(2)8-9-16-13-7-6-12(17(19)20)10-11(13)4-3-5-14(16)18/h6-7,10H,3-5,8-9H2,1-2H3. The minimum Gasteiger partial charge on any atom is -0.311 e. The number of hydrogen-bond acceptors (Lipinski definition) is 4. The van der Waals surface area contributed by atoms with Gasteiger partial charge < -0.3 is 9.80 Å². The quantitative estimate of drug-likeness (QED) is 0.622. The number of nitro benzene ring substituents is 1.